The second-order valence-corrected chi connectivity index (χ2v) is 6.78. The number of nitrogens with zero attached hydrogens (tertiary/aromatic N) is 4. The molecule has 0 amide bonds. The molecule has 0 unspecified atom stereocenters. The van der Waals surface area contributed by atoms with Crippen molar-refractivity contribution >= 4 is 17.5 Å². The van der Waals surface area contributed by atoms with Crippen LogP contribution in [0.4, 0.5) is 30.6 Å². The van der Waals surface area contributed by atoms with E-state index in [0.29, 0.717) is 5.69 Å². The van der Waals surface area contributed by atoms with Crippen molar-refractivity contribution in [2.24, 2.45) is 0 Å². The van der Waals surface area contributed by atoms with Gasteiger partial charge < -0.3 is 15.8 Å². The molecule has 4 aromatic rings. The number of alkyl halides is 3. The highest BCUT2D eigenvalue weighted by Crippen LogP contribution is 2.39. The highest BCUT2D eigenvalue weighted by molar-refractivity contribution is 5.69. The molecule has 0 saturated carbocycles. The molecule has 0 saturated heterocycles. The topological polar surface area (TPSA) is 110 Å². The summed E-state index contributed by atoms with van der Waals surface area (Å²) in [4.78, 5) is 12.0. The molecule has 33 heavy (non-hydrogen) atoms. The molecule has 0 aliphatic heterocycles. The van der Waals surface area contributed by atoms with Crippen LogP contribution >= 0.6 is 0 Å². The van der Waals surface area contributed by atoms with Crippen LogP contribution in [0.25, 0.3) is 11.3 Å². The minimum Gasteiger partial charge on any atom is -0.457 e. The van der Waals surface area contributed by atoms with Crippen LogP contribution in [-0.2, 0) is 6.18 Å². The zero-order chi connectivity index (χ0) is 23.4. The number of halogens is 3. The molecule has 3 N–H and O–H groups in total. The molecule has 4 rings (SSSR count). The number of nitrogens with one attached hydrogen (secondary N) is 1. The van der Waals surface area contributed by atoms with Crippen LogP contribution in [0.3, 0.4) is 0 Å². The fourth-order valence-corrected chi connectivity index (χ4v) is 3.03. The molecule has 0 bridgehead atoms. The Bertz CT molecular complexity index is 1340. The Morgan fingerprint density at radius 1 is 0.939 bits per heavy atom. The van der Waals surface area contributed by atoms with Crippen LogP contribution in [-0.4, -0.2) is 15.0 Å². The normalized spacial score (nSPS) is 11.0. The third kappa shape index (κ3) is 5.16. The van der Waals surface area contributed by atoms with Crippen molar-refractivity contribution in [3.63, 3.8) is 0 Å². The second-order valence-electron chi connectivity index (χ2n) is 6.78. The van der Waals surface area contributed by atoms with Gasteiger partial charge in [0, 0.05) is 23.9 Å². The molecule has 164 valence electrons. The molecule has 0 spiro atoms. The first-order chi connectivity index (χ1) is 15.8. The van der Waals surface area contributed by atoms with E-state index in [9.17, 15) is 13.2 Å². The molecule has 2 aromatic carbocycles. The van der Waals surface area contributed by atoms with Gasteiger partial charge in [-0.15, -0.1) is 0 Å². The Balaban J connectivity index is 1.67. The molecule has 0 atom stereocenters. The number of benzene rings is 2. The maximum atomic E-state index is 13.8. The van der Waals surface area contributed by atoms with Crippen molar-refractivity contribution in [1.29, 1.82) is 5.26 Å². The number of hydrogen-bond acceptors (Lipinski definition) is 7. The molecule has 0 radical (unpaired) electrons. The largest absolute Gasteiger partial charge is 0.457 e. The fourth-order valence-electron chi connectivity index (χ4n) is 3.03. The molecule has 2 aromatic heterocycles. The number of pyridine rings is 1. The van der Waals surface area contributed by atoms with Gasteiger partial charge >= 0.3 is 6.18 Å². The number of ether oxygens (including phenoxy) is 1. The maximum Gasteiger partial charge on any atom is 0.418 e. The average Bonchev–Trinajstić information content (AvgIpc) is 2.80. The number of nitrogens with two attached hydrogens (primary N) is 1. The SMILES string of the molecule is N#Cc1cc(Oc2ccc(Nc3cc(-c4ccccc4)nc(N)n3)c(C(F)(F)F)c2)ccn1. The van der Waals surface area contributed by atoms with Crippen molar-refractivity contribution < 1.29 is 17.9 Å². The molecular formula is C23H15F3N6O. The Labute approximate surface area is 186 Å². The van der Waals surface area contributed by atoms with Crippen LogP contribution < -0.4 is 15.8 Å². The summed E-state index contributed by atoms with van der Waals surface area (Å²) in [6, 6.07) is 18.6. The van der Waals surface area contributed by atoms with Gasteiger partial charge in [0.1, 0.15) is 29.1 Å². The van der Waals surface area contributed by atoms with Gasteiger partial charge in [-0.05, 0) is 24.3 Å². The summed E-state index contributed by atoms with van der Waals surface area (Å²) >= 11 is 0. The van der Waals surface area contributed by atoms with Gasteiger partial charge in [0.25, 0.3) is 0 Å². The predicted octanol–water partition coefficient (Wildman–Crippen LogP) is 5.55. The van der Waals surface area contributed by atoms with E-state index in [2.05, 4.69) is 20.3 Å². The van der Waals surface area contributed by atoms with E-state index < -0.39 is 11.7 Å². The van der Waals surface area contributed by atoms with Crippen LogP contribution in [0.1, 0.15) is 11.3 Å². The Kier molecular flexibility index (Phi) is 5.78. The van der Waals surface area contributed by atoms with E-state index >= 15 is 0 Å². The zero-order valence-corrected chi connectivity index (χ0v) is 16.8. The van der Waals surface area contributed by atoms with Gasteiger partial charge in [-0.1, -0.05) is 30.3 Å². The first kappa shape index (κ1) is 21.6. The number of rotatable bonds is 5. The lowest BCUT2D eigenvalue weighted by molar-refractivity contribution is -0.137. The van der Waals surface area contributed by atoms with E-state index in [-0.39, 0.29) is 34.6 Å². The molecular weight excluding hydrogens is 433 g/mol. The lowest BCUT2D eigenvalue weighted by Gasteiger charge is -2.16. The van der Waals surface area contributed by atoms with Crippen molar-refractivity contribution in [1.82, 2.24) is 15.0 Å². The molecule has 0 aliphatic rings. The molecule has 0 aliphatic carbocycles. The van der Waals surface area contributed by atoms with Gasteiger partial charge in [0.05, 0.1) is 16.9 Å². The Morgan fingerprint density at radius 3 is 2.42 bits per heavy atom. The van der Waals surface area contributed by atoms with E-state index in [1.807, 2.05) is 24.3 Å². The predicted molar refractivity (Wildman–Crippen MR) is 116 cm³/mol. The molecule has 0 fully saturated rings. The fraction of sp³-hybridized carbons (Fsp3) is 0.0435. The lowest BCUT2D eigenvalue weighted by Crippen LogP contribution is -2.10. The minimum absolute atomic E-state index is 0.0601. The summed E-state index contributed by atoms with van der Waals surface area (Å²) in [6.45, 7) is 0. The van der Waals surface area contributed by atoms with Crippen LogP contribution in [0.5, 0.6) is 11.5 Å². The smallest absolute Gasteiger partial charge is 0.418 e. The third-order valence-electron chi connectivity index (χ3n) is 4.45. The van der Waals surface area contributed by atoms with Gasteiger partial charge in [-0.3, -0.25) is 0 Å². The minimum atomic E-state index is -4.68. The average molecular weight is 448 g/mol. The van der Waals surface area contributed by atoms with E-state index in [4.69, 9.17) is 15.7 Å². The second kappa shape index (κ2) is 8.84. The number of anilines is 3. The summed E-state index contributed by atoms with van der Waals surface area (Å²) in [6.07, 6.45) is -3.35. The number of hydrogen-bond donors (Lipinski definition) is 2. The van der Waals surface area contributed by atoms with Crippen molar-refractivity contribution in [2.75, 3.05) is 11.1 Å². The summed E-state index contributed by atoms with van der Waals surface area (Å²) in [5.74, 6) is 0.147. The van der Waals surface area contributed by atoms with Crippen molar-refractivity contribution in [2.45, 2.75) is 6.18 Å². The summed E-state index contributed by atoms with van der Waals surface area (Å²) in [5, 5.41) is 11.6. The van der Waals surface area contributed by atoms with Crippen molar-refractivity contribution in [3.05, 3.63) is 84.2 Å². The molecule has 2 heterocycles. The van der Waals surface area contributed by atoms with Crippen LogP contribution in [0.15, 0.2) is 72.9 Å². The van der Waals surface area contributed by atoms with E-state index in [1.165, 1.54) is 36.5 Å². The molecule has 7 nitrogen and oxygen atoms in total. The highest BCUT2D eigenvalue weighted by atomic mass is 19.4. The Morgan fingerprint density at radius 2 is 1.70 bits per heavy atom. The first-order valence-electron chi connectivity index (χ1n) is 9.54. The third-order valence-corrected chi connectivity index (χ3v) is 4.45. The standard InChI is InChI=1S/C23H15F3N6O/c24-23(25,26)18-11-16(33-17-8-9-29-15(10-17)13-27)6-7-19(18)30-21-12-20(31-22(28)32-21)14-4-2-1-3-5-14/h1-12H,(H3,28,30,31,32). The molecule has 10 heteroatoms. The van der Waals surface area contributed by atoms with Crippen LogP contribution in [0, 0.1) is 11.3 Å². The monoisotopic (exact) mass is 448 g/mol. The summed E-state index contributed by atoms with van der Waals surface area (Å²) < 4.78 is 46.9. The van der Waals surface area contributed by atoms with Gasteiger partial charge in [0.15, 0.2) is 0 Å². The lowest BCUT2D eigenvalue weighted by atomic mass is 10.1. The number of nitriles is 1. The highest BCUT2D eigenvalue weighted by Gasteiger charge is 2.34. The number of nitrogen functional groups attached to an aromatic ring is 1. The van der Waals surface area contributed by atoms with E-state index in [1.54, 1.807) is 12.1 Å². The quantitative estimate of drug-likeness (QED) is 0.412. The van der Waals surface area contributed by atoms with Crippen LogP contribution in [0.2, 0.25) is 0 Å². The summed E-state index contributed by atoms with van der Waals surface area (Å²) in [5.41, 5.74) is 5.86. The van der Waals surface area contributed by atoms with Gasteiger partial charge in [0.2, 0.25) is 5.95 Å². The first-order valence-corrected chi connectivity index (χ1v) is 9.54. The van der Waals surface area contributed by atoms with Crippen molar-refractivity contribution in [3.8, 4) is 28.8 Å². The van der Waals surface area contributed by atoms with Gasteiger partial charge in [-0.2, -0.15) is 23.4 Å². The number of aromatic nitrogens is 3. The van der Waals surface area contributed by atoms with E-state index in [0.717, 1.165) is 11.6 Å². The Hall–Kier alpha value is -4.65. The zero-order valence-electron chi connectivity index (χ0n) is 16.8. The maximum absolute atomic E-state index is 13.8. The summed E-state index contributed by atoms with van der Waals surface area (Å²) in [7, 11) is 0. The van der Waals surface area contributed by atoms with Gasteiger partial charge in [-0.25, -0.2) is 9.97 Å².